The lowest BCUT2D eigenvalue weighted by Gasteiger charge is -2.06. The summed E-state index contributed by atoms with van der Waals surface area (Å²) in [6.45, 7) is 3.87. The molecule has 0 heterocycles. The summed E-state index contributed by atoms with van der Waals surface area (Å²) in [4.78, 5) is 0. The smallest absolute Gasteiger partial charge is 0.0469 e. The molecule has 0 saturated carbocycles. The highest BCUT2D eigenvalue weighted by Gasteiger charge is 1.95. The molecule has 1 N–H and O–H groups in total. The fourth-order valence-corrected chi connectivity index (χ4v) is 2.76. The number of hydrogen-bond donors (Lipinski definition) is 1. The largest absolute Gasteiger partial charge is 0.381 e. The Morgan fingerprint density at radius 3 is 1.96 bits per heavy atom. The molecule has 0 aliphatic heterocycles. The van der Waals surface area contributed by atoms with Crippen molar-refractivity contribution in [3.8, 4) is 0 Å². The molecule has 0 saturated heterocycles. The minimum atomic E-state index is 0. The zero-order chi connectivity index (χ0) is 16.7. The Balaban J connectivity index is 0.00000312. The van der Waals surface area contributed by atoms with E-state index in [1.807, 2.05) is 0 Å². The molecule has 0 aliphatic rings. The normalized spacial score (nSPS) is 10.4. The maximum Gasteiger partial charge on any atom is 0.0469 e. The molecule has 25 heavy (non-hydrogen) atoms. The van der Waals surface area contributed by atoms with E-state index in [4.69, 9.17) is 4.74 Å². The van der Waals surface area contributed by atoms with Gasteiger partial charge in [0.25, 0.3) is 0 Å². The minimum absolute atomic E-state index is 0. The third kappa shape index (κ3) is 11.1. The van der Waals surface area contributed by atoms with Crippen molar-refractivity contribution >= 4 is 17.0 Å². The second-order valence-electron chi connectivity index (χ2n) is 6.28. The molecule has 138 valence electrons. The first kappa shape index (κ1) is 21.9. The minimum Gasteiger partial charge on any atom is -0.381 e. The molecule has 2 aromatic carbocycles. The monoisotopic (exact) mass is 405 g/mol. The van der Waals surface area contributed by atoms with Crippen LogP contribution in [0.2, 0.25) is 0 Å². The molecule has 0 aromatic heterocycles. The van der Waals surface area contributed by atoms with Crippen molar-refractivity contribution in [2.24, 2.45) is 0 Å². The topological polar surface area (TPSA) is 21.3 Å². The molecule has 0 amide bonds. The van der Waals surface area contributed by atoms with Crippen LogP contribution in [0.5, 0.6) is 0 Å². The summed E-state index contributed by atoms with van der Waals surface area (Å²) in [5.41, 5.74) is 2.77. The number of benzene rings is 2. The van der Waals surface area contributed by atoms with Crippen LogP contribution in [0.1, 0.15) is 43.2 Å². The van der Waals surface area contributed by atoms with Crippen LogP contribution < -0.4 is 5.32 Å². The first-order valence-electron chi connectivity index (χ1n) is 9.31. The van der Waals surface area contributed by atoms with Gasteiger partial charge >= 0.3 is 0 Å². The summed E-state index contributed by atoms with van der Waals surface area (Å²) >= 11 is 0. The van der Waals surface area contributed by atoms with Crippen molar-refractivity contribution in [1.29, 1.82) is 0 Å². The second-order valence-corrected chi connectivity index (χ2v) is 6.28. The molecule has 0 aliphatic carbocycles. The number of rotatable bonds is 13. The average Bonchev–Trinajstić information content (AvgIpc) is 2.64. The van der Waals surface area contributed by atoms with E-state index in [0.717, 1.165) is 39.1 Å². The number of hydrogen-bond acceptors (Lipinski definition) is 2. The van der Waals surface area contributed by atoms with E-state index in [1.54, 1.807) is 0 Å². The lowest BCUT2D eigenvalue weighted by Crippen LogP contribution is -2.14. The predicted octanol–water partition coefficient (Wildman–Crippen LogP) is 5.56. The van der Waals surface area contributed by atoms with Gasteiger partial charge in [-0.25, -0.2) is 0 Å². The molecule has 0 fully saturated rings. The highest BCUT2D eigenvalue weighted by atomic mass is 79.9. The summed E-state index contributed by atoms with van der Waals surface area (Å²) in [5.74, 6) is 0. The van der Waals surface area contributed by atoms with Gasteiger partial charge in [-0.3, -0.25) is 0 Å². The van der Waals surface area contributed by atoms with Crippen molar-refractivity contribution < 1.29 is 4.74 Å². The SMILES string of the molecule is Br.c1ccc(CCCOCCCCCCNCc2ccccc2)cc1. The molecule has 2 nitrogen and oxygen atoms in total. The van der Waals surface area contributed by atoms with Gasteiger partial charge in [-0.2, -0.15) is 0 Å². The molecule has 0 bridgehead atoms. The lowest BCUT2D eigenvalue weighted by atomic mass is 10.1. The van der Waals surface area contributed by atoms with Crippen LogP contribution in [-0.2, 0) is 17.7 Å². The lowest BCUT2D eigenvalue weighted by molar-refractivity contribution is 0.127. The maximum atomic E-state index is 5.73. The van der Waals surface area contributed by atoms with E-state index in [-0.39, 0.29) is 17.0 Å². The van der Waals surface area contributed by atoms with E-state index < -0.39 is 0 Å². The van der Waals surface area contributed by atoms with Crippen molar-refractivity contribution in [3.05, 3.63) is 71.8 Å². The second kappa shape index (κ2) is 15.1. The molecule has 2 rings (SSSR count). The fraction of sp³-hybridized carbons (Fsp3) is 0.455. The summed E-state index contributed by atoms with van der Waals surface area (Å²) in [6.07, 6.45) is 7.23. The molecule has 3 heteroatoms. The van der Waals surface area contributed by atoms with Crippen LogP contribution in [0, 0.1) is 0 Å². The van der Waals surface area contributed by atoms with Gasteiger partial charge in [0.15, 0.2) is 0 Å². The molecule has 0 unspecified atom stereocenters. The van der Waals surface area contributed by atoms with Gasteiger partial charge in [0.1, 0.15) is 0 Å². The summed E-state index contributed by atoms with van der Waals surface area (Å²) < 4.78 is 5.73. The van der Waals surface area contributed by atoms with E-state index in [2.05, 4.69) is 66.0 Å². The van der Waals surface area contributed by atoms with Crippen molar-refractivity contribution in [2.75, 3.05) is 19.8 Å². The maximum absolute atomic E-state index is 5.73. The summed E-state index contributed by atoms with van der Waals surface area (Å²) in [6, 6.07) is 21.2. The molecule has 0 radical (unpaired) electrons. The Morgan fingerprint density at radius 1 is 0.640 bits per heavy atom. The third-order valence-corrected chi connectivity index (χ3v) is 4.16. The van der Waals surface area contributed by atoms with E-state index in [0.29, 0.717) is 0 Å². The van der Waals surface area contributed by atoms with E-state index in [9.17, 15) is 0 Å². The number of ether oxygens (including phenoxy) is 1. The number of unbranched alkanes of at least 4 members (excludes halogenated alkanes) is 3. The predicted molar refractivity (Wildman–Crippen MR) is 113 cm³/mol. The van der Waals surface area contributed by atoms with Gasteiger partial charge in [0.2, 0.25) is 0 Å². The van der Waals surface area contributed by atoms with Crippen LogP contribution in [0.25, 0.3) is 0 Å². The van der Waals surface area contributed by atoms with Crippen LogP contribution in [-0.4, -0.2) is 19.8 Å². The molecular weight excluding hydrogens is 374 g/mol. The Morgan fingerprint density at radius 2 is 1.24 bits per heavy atom. The van der Waals surface area contributed by atoms with Crippen LogP contribution in [0.4, 0.5) is 0 Å². The quantitative estimate of drug-likeness (QED) is 0.440. The Hall–Kier alpha value is -1.16. The highest BCUT2D eigenvalue weighted by Crippen LogP contribution is 2.04. The van der Waals surface area contributed by atoms with E-state index >= 15 is 0 Å². The molecule has 2 aromatic rings. The average molecular weight is 406 g/mol. The molecule has 0 atom stereocenters. The number of halogens is 1. The van der Waals surface area contributed by atoms with Gasteiger partial charge in [-0.1, -0.05) is 73.5 Å². The zero-order valence-corrected chi connectivity index (χ0v) is 16.9. The Kier molecular flexibility index (Phi) is 13.2. The first-order valence-corrected chi connectivity index (χ1v) is 9.31. The van der Waals surface area contributed by atoms with Crippen LogP contribution in [0.3, 0.4) is 0 Å². The zero-order valence-electron chi connectivity index (χ0n) is 15.2. The molecule has 0 spiro atoms. The summed E-state index contributed by atoms with van der Waals surface area (Å²) in [7, 11) is 0. The fourth-order valence-electron chi connectivity index (χ4n) is 2.76. The summed E-state index contributed by atoms with van der Waals surface area (Å²) in [5, 5.41) is 3.50. The van der Waals surface area contributed by atoms with Crippen molar-refractivity contribution in [1.82, 2.24) is 5.32 Å². The van der Waals surface area contributed by atoms with Gasteiger partial charge in [-0.15, -0.1) is 17.0 Å². The number of nitrogens with one attached hydrogen (secondary N) is 1. The van der Waals surface area contributed by atoms with Gasteiger partial charge in [-0.05, 0) is 43.4 Å². The highest BCUT2D eigenvalue weighted by molar-refractivity contribution is 8.93. The third-order valence-electron chi connectivity index (χ3n) is 4.16. The number of aryl methyl sites for hydroxylation is 1. The van der Waals surface area contributed by atoms with Crippen molar-refractivity contribution in [2.45, 2.75) is 45.1 Å². The molecular formula is C22H32BrNO. The van der Waals surface area contributed by atoms with E-state index in [1.165, 1.54) is 36.8 Å². The Bertz CT molecular complexity index is 469. The first-order chi connectivity index (χ1) is 11.9. The van der Waals surface area contributed by atoms with Gasteiger partial charge < -0.3 is 10.1 Å². The van der Waals surface area contributed by atoms with Gasteiger partial charge in [0.05, 0.1) is 0 Å². The standard InChI is InChI=1S/C22H31NO.BrH/c1(9-17-23-20-22-14-7-4-8-15-22)2-10-18-24-19-11-16-21-12-5-3-6-13-21;/h3-8,12-15,23H,1-2,9-11,16-20H2;1H. The van der Waals surface area contributed by atoms with Gasteiger partial charge in [0, 0.05) is 19.8 Å². The van der Waals surface area contributed by atoms with Crippen molar-refractivity contribution in [3.63, 3.8) is 0 Å². The van der Waals surface area contributed by atoms with Crippen LogP contribution >= 0.6 is 17.0 Å². The Labute approximate surface area is 163 Å². The van der Waals surface area contributed by atoms with Crippen LogP contribution in [0.15, 0.2) is 60.7 Å².